The lowest BCUT2D eigenvalue weighted by Gasteiger charge is -2.11. The summed E-state index contributed by atoms with van der Waals surface area (Å²) in [5.41, 5.74) is 2.41. The van der Waals surface area contributed by atoms with Gasteiger partial charge in [0.2, 0.25) is 11.1 Å². The number of rotatable bonds is 8. The number of nitrogens with two attached hydrogens (primary N) is 1. The Morgan fingerprint density at radius 2 is 1.81 bits per heavy atom. The standard InChI is InChI=1S/C21H23N5O4S/c1-13-4-6-14(7-5-13)10-16-20(28)26(22)21(25-24-16)31-12-19(27)23-15-8-9-17(29-2)18(11-15)30-3/h4-9,11H,10,12,22H2,1-3H3,(H,23,27). The predicted octanol–water partition coefficient (Wildman–Crippen LogP) is 2.00. The number of aryl methyl sites for hydroxylation is 1. The lowest BCUT2D eigenvalue weighted by Crippen LogP contribution is -2.34. The number of carbonyl (C=O) groups is 1. The van der Waals surface area contributed by atoms with Crippen molar-refractivity contribution in [1.82, 2.24) is 14.9 Å². The minimum Gasteiger partial charge on any atom is -0.493 e. The maximum absolute atomic E-state index is 12.5. The van der Waals surface area contributed by atoms with Crippen LogP contribution in [0.15, 0.2) is 52.4 Å². The molecule has 0 saturated heterocycles. The van der Waals surface area contributed by atoms with E-state index in [9.17, 15) is 9.59 Å². The Hall–Kier alpha value is -3.53. The number of nitrogens with zero attached hydrogens (tertiary/aromatic N) is 3. The summed E-state index contributed by atoms with van der Waals surface area (Å²) in [7, 11) is 3.05. The normalized spacial score (nSPS) is 10.5. The summed E-state index contributed by atoms with van der Waals surface area (Å²) in [4.78, 5) is 24.8. The average Bonchev–Trinajstić information content (AvgIpc) is 2.77. The molecular weight excluding hydrogens is 418 g/mol. The van der Waals surface area contributed by atoms with Crippen LogP contribution in [0.5, 0.6) is 11.5 Å². The Morgan fingerprint density at radius 3 is 2.48 bits per heavy atom. The number of hydrogen-bond acceptors (Lipinski definition) is 8. The Morgan fingerprint density at radius 1 is 1.10 bits per heavy atom. The second-order valence-electron chi connectivity index (χ2n) is 6.67. The summed E-state index contributed by atoms with van der Waals surface area (Å²) in [6.45, 7) is 1.99. The van der Waals surface area contributed by atoms with Crippen molar-refractivity contribution in [1.29, 1.82) is 0 Å². The van der Waals surface area contributed by atoms with Crippen LogP contribution in [0.3, 0.4) is 0 Å². The molecule has 0 aliphatic carbocycles. The number of carbonyl (C=O) groups excluding carboxylic acids is 1. The highest BCUT2D eigenvalue weighted by Gasteiger charge is 2.14. The number of aromatic nitrogens is 3. The Bertz CT molecular complexity index is 1130. The van der Waals surface area contributed by atoms with Crippen molar-refractivity contribution >= 4 is 23.4 Å². The van der Waals surface area contributed by atoms with Gasteiger partial charge in [-0.2, -0.15) is 4.68 Å². The molecule has 0 bridgehead atoms. The zero-order valence-electron chi connectivity index (χ0n) is 17.4. The van der Waals surface area contributed by atoms with Crippen molar-refractivity contribution in [3.8, 4) is 11.5 Å². The summed E-state index contributed by atoms with van der Waals surface area (Å²) < 4.78 is 11.3. The number of nitrogen functional groups attached to an aromatic ring is 1. The third-order valence-corrected chi connectivity index (χ3v) is 5.36. The molecule has 0 atom stereocenters. The van der Waals surface area contributed by atoms with E-state index >= 15 is 0 Å². The number of amides is 1. The van der Waals surface area contributed by atoms with E-state index in [2.05, 4.69) is 15.5 Å². The van der Waals surface area contributed by atoms with Gasteiger partial charge in [0, 0.05) is 18.2 Å². The lowest BCUT2D eigenvalue weighted by atomic mass is 10.1. The summed E-state index contributed by atoms with van der Waals surface area (Å²) in [5, 5.41) is 10.9. The number of nitrogens with one attached hydrogen (secondary N) is 1. The monoisotopic (exact) mass is 441 g/mol. The van der Waals surface area contributed by atoms with Crippen LogP contribution in [0.4, 0.5) is 5.69 Å². The fourth-order valence-corrected chi connectivity index (χ4v) is 3.42. The van der Waals surface area contributed by atoms with Gasteiger partial charge in [-0.25, -0.2) is 0 Å². The number of thioether (sulfide) groups is 1. The van der Waals surface area contributed by atoms with E-state index in [1.165, 1.54) is 14.2 Å². The largest absolute Gasteiger partial charge is 0.493 e. The molecule has 0 fully saturated rings. The van der Waals surface area contributed by atoms with E-state index in [1.54, 1.807) is 18.2 Å². The van der Waals surface area contributed by atoms with Crippen molar-refractivity contribution in [2.45, 2.75) is 18.5 Å². The number of anilines is 1. The molecule has 31 heavy (non-hydrogen) atoms. The second-order valence-corrected chi connectivity index (χ2v) is 7.62. The zero-order chi connectivity index (χ0) is 22.4. The Labute approximate surface area is 183 Å². The van der Waals surface area contributed by atoms with Crippen LogP contribution in [0, 0.1) is 6.92 Å². The molecule has 1 aromatic heterocycles. The molecule has 162 valence electrons. The minimum atomic E-state index is -0.446. The SMILES string of the molecule is COc1ccc(NC(=O)CSc2nnc(Cc3ccc(C)cc3)c(=O)n2N)cc1OC. The van der Waals surface area contributed by atoms with Gasteiger partial charge in [-0.05, 0) is 24.6 Å². The van der Waals surface area contributed by atoms with Crippen molar-refractivity contribution in [3.63, 3.8) is 0 Å². The van der Waals surface area contributed by atoms with Gasteiger partial charge in [0.1, 0.15) is 5.69 Å². The van der Waals surface area contributed by atoms with Gasteiger partial charge in [0.05, 0.1) is 20.0 Å². The summed E-state index contributed by atoms with van der Waals surface area (Å²) >= 11 is 1.02. The van der Waals surface area contributed by atoms with Crippen molar-refractivity contribution in [2.75, 3.05) is 31.1 Å². The lowest BCUT2D eigenvalue weighted by molar-refractivity contribution is -0.113. The van der Waals surface area contributed by atoms with E-state index in [4.69, 9.17) is 15.3 Å². The van der Waals surface area contributed by atoms with Gasteiger partial charge in [-0.15, -0.1) is 10.2 Å². The van der Waals surface area contributed by atoms with Crippen molar-refractivity contribution in [3.05, 3.63) is 69.6 Å². The Kier molecular flexibility index (Phi) is 7.14. The first-order chi connectivity index (χ1) is 14.9. The molecule has 10 heteroatoms. The molecule has 1 amide bonds. The van der Waals surface area contributed by atoms with Gasteiger partial charge in [-0.1, -0.05) is 41.6 Å². The van der Waals surface area contributed by atoms with Crippen LogP contribution in [-0.4, -0.2) is 40.8 Å². The highest BCUT2D eigenvalue weighted by molar-refractivity contribution is 7.99. The quantitative estimate of drug-likeness (QED) is 0.402. The number of benzene rings is 2. The van der Waals surface area contributed by atoms with E-state index in [0.29, 0.717) is 23.6 Å². The molecule has 9 nitrogen and oxygen atoms in total. The molecule has 2 aromatic carbocycles. The van der Waals surface area contributed by atoms with Crippen LogP contribution in [-0.2, 0) is 11.2 Å². The molecule has 0 radical (unpaired) electrons. The summed E-state index contributed by atoms with van der Waals surface area (Å²) in [5.74, 6) is 6.65. The Balaban J connectivity index is 1.63. The number of ether oxygens (including phenoxy) is 2. The fourth-order valence-electron chi connectivity index (χ4n) is 2.77. The number of methoxy groups -OCH3 is 2. The van der Waals surface area contributed by atoms with Gasteiger partial charge < -0.3 is 20.6 Å². The summed E-state index contributed by atoms with van der Waals surface area (Å²) in [6, 6.07) is 12.8. The predicted molar refractivity (Wildman–Crippen MR) is 119 cm³/mol. The first-order valence-corrected chi connectivity index (χ1v) is 10.3. The molecule has 3 aromatic rings. The molecule has 0 unspecified atom stereocenters. The molecule has 0 spiro atoms. The highest BCUT2D eigenvalue weighted by atomic mass is 32.2. The van der Waals surface area contributed by atoms with Crippen LogP contribution in [0.1, 0.15) is 16.8 Å². The van der Waals surface area contributed by atoms with Crippen LogP contribution in [0.2, 0.25) is 0 Å². The third kappa shape index (κ3) is 5.54. The van der Waals surface area contributed by atoms with Crippen LogP contribution < -0.4 is 26.2 Å². The van der Waals surface area contributed by atoms with Gasteiger partial charge >= 0.3 is 0 Å². The van der Waals surface area contributed by atoms with Gasteiger partial charge in [0.25, 0.3) is 5.56 Å². The second kappa shape index (κ2) is 9.98. The van der Waals surface area contributed by atoms with Crippen LogP contribution in [0.25, 0.3) is 0 Å². The molecular formula is C21H23N5O4S. The average molecular weight is 442 g/mol. The molecule has 0 aliphatic rings. The zero-order valence-corrected chi connectivity index (χ0v) is 18.2. The maximum atomic E-state index is 12.5. The van der Waals surface area contributed by atoms with Crippen molar-refractivity contribution in [2.24, 2.45) is 0 Å². The van der Waals surface area contributed by atoms with E-state index in [0.717, 1.165) is 27.6 Å². The topological polar surface area (TPSA) is 121 Å². The van der Waals surface area contributed by atoms with E-state index in [-0.39, 0.29) is 22.5 Å². The first kappa shape index (κ1) is 22.2. The van der Waals surface area contributed by atoms with E-state index in [1.807, 2.05) is 31.2 Å². The molecule has 3 N–H and O–H groups in total. The van der Waals surface area contributed by atoms with Gasteiger partial charge in [-0.3, -0.25) is 9.59 Å². The third-order valence-electron chi connectivity index (χ3n) is 4.42. The smallest absolute Gasteiger partial charge is 0.294 e. The maximum Gasteiger partial charge on any atom is 0.294 e. The molecule has 3 rings (SSSR count). The van der Waals surface area contributed by atoms with Crippen molar-refractivity contribution < 1.29 is 14.3 Å². The van der Waals surface area contributed by atoms with Crippen LogP contribution >= 0.6 is 11.8 Å². The molecule has 0 saturated carbocycles. The minimum absolute atomic E-state index is 0.00300. The fraction of sp³-hybridized carbons (Fsp3) is 0.238. The number of hydrogen-bond donors (Lipinski definition) is 2. The summed E-state index contributed by atoms with van der Waals surface area (Å²) in [6.07, 6.45) is 0.327. The van der Waals surface area contributed by atoms with Gasteiger partial charge in [0.15, 0.2) is 11.5 Å². The molecule has 1 heterocycles. The first-order valence-electron chi connectivity index (χ1n) is 9.35. The van der Waals surface area contributed by atoms with E-state index < -0.39 is 5.56 Å². The molecule has 0 aliphatic heterocycles. The highest BCUT2D eigenvalue weighted by Crippen LogP contribution is 2.29.